The quantitative estimate of drug-likeness (QED) is 0.735. The number of benzene rings is 1. The Labute approximate surface area is 168 Å². The molecule has 1 N–H and O–H groups in total. The predicted octanol–water partition coefficient (Wildman–Crippen LogP) is 1.32. The minimum Gasteiger partial charge on any atom is -0.381 e. The van der Waals surface area contributed by atoms with E-state index >= 15 is 0 Å². The van der Waals surface area contributed by atoms with E-state index in [1.54, 1.807) is 4.31 Å². The van der Waals surface area contributed by atoms with Gasteiger partial charge in [0.15, 0.2) is 0 Å². The van der Waals surface area contributed by atoms with Gasteiger partial charge in [-0.1, -0.05) is 25.1 Å². The molecule has 0 saturated carbocycles. The van der Waals surface area contributed by atoms with E-state index in [1.165, 1.54) is 0 Å². The average molecular weight is 410 g/mol. The van der Waals surface area contributed by atoms with Crippen LogP contribution in [0.5, 0.6) is 0 Å². The Kier molecular flexibility index (Phi) is 7.09. The molecule has 0 aromatic heterocycles. The maximum atomic E-state index is 12.5. The highest BCUT2D eigenvalue weighted by Crippen LogP contribution is 2.29. The Morgan fingerprint density at radius 3 is 2.36 bits per heavy atom. The smallest absolute Gasteiger partial charge is 0.251 e. The summed E-state index contributed by atoms with van der Waals surface area (Å²) in [4.78, 5) is 14.9. The molecule has 2 heterocycles. The molecule has 0 atom stereocenters. The first-order valence-electron chi connectivity index (χ1n) is 10.1. The van der Waals surface area contributed by atoms with E-state index < -0.39 is 10.0 Å². The predicted molar refractivity (Wildman–Crippen MR) is 109 cm³/mol. The van der Waals surface area contributed by atoms with Gasteiger partial charge in [0.2, 0.25) is 10.0 Å². The second-order valence-corrected chi connectivity index (χ2v) is 9.68. The largest absolute Gasteiger partial charge is 0.381 e. The second-order valence-electron chi connectivity index (χ2n) is 7.59. The summed E-state index contributed by atoms with van der Waals surface area (Å²) < 4.78 is 31.9. The summed E-state index contributed by atoms with van der Waals surface area (Å²) in [7, 11) is -3.16. The number of hydrogen-bond donors (Lipinski definition) is 1. The molecule has 2 aliphatic heterocycles. The Bertz CT molecular complexity index is 740. The lowest BCUT2D eigenvalue weighted by atomic mass is 9.87. The molecule has 0 aliphatic carbocycles. The Morgan fingerprint density at radius 1 is 1.11 bits per heavy atom. The van der Waals surface area contributed by atoms with Gasteiger partial charge in [-0.2, -0.15) is 4.31 Å². The summed E-state index contributed by atoms with van der Waals surface area (Å²) in [6.07, 6.45) is 2.31. The van der Waals surface area contributed by atoms with E-state index in [-0.39, 0.29) is 17.2 Å². The van der Waals surface area contributed by atoms with Crippen molar-refractivity contribution in [2.45, 2.75) is 31.7 Å². The van der Waals surface area contributed by atoms with E-state index in [9.17, 15) is 13.2 Å². The Morgan fingerprint density at radius 2 is 1.75 bits per heavy atom. The van der Waals surface area contributed by atoms with Crippen LogP contribution in [0.25, 0.3) is 0 Å². The molecule has 0 spiro atoms. The molecule has 2 fully saturated rings. The van der Waals surface area contributed by atoms with Crippen LogP contribution in [-0.2, 0) is 14.8 Å². The molecule has 28 heavy (non-hydrogen) atoms. The molecular weight excluding hydrogens is 378 g/mol. The molecule has 0 radical (unpaired) electrons. The van der Waals surface area contributed by atoms with Crippen LogP contribution >= 0.6 is 0 Å². The molecule has 156 valence electrons. The van der Waals surface area contributed by atoms with Crippen molar-refractivity contribution in [1.82, 2.24) is 14.5 Å². The first-order valence-corrected chi connectivity index (χ1v) is 11.7. The third-order valence-corrected chi connectivity index (χ3v) is 7.88. The van der Waals surface area contributed by atoms with Gasteiger partial charge in [-0.05, 0) is 31.4 Å². The van der Waals surface area contributed by atoms with Crippen molar-refractivity contribution in [3.05, 3.63) is 35.9 Å². The number of amides is 1. The summed E-state index contributed by atoms with van der Waals surface area (Å²) >= 11 is 0. The van der Waals surface area contributed by atoms with Crippen LogP contribution < -0.4 is 5.32 Å². The highest BCUT2D eigenvalue weighted by molar-refractivity contribution is 7.89. The maximum absolute atomic E-state index is 12.5. The average Bonchev–Trinajstić information content (AvgIpc) is 2.73. The summed E-state index contributed by atoms with van der Waals surface area (Å²) in [6.45, 7) is 6.15. The zero-order chi connectivity index (χ0) is 20.0. The van der Waals surface area contributed by atoms with Crippen molar-refractivity contribution in [3.63, 3.8) is 0 Å². The molecule has 3 rings (SSSR count). The molecule has 2 saturated heterocycles. The monoisotopic (exact) mass is 409 g/mol. The molecule has 1 amide bonds. The van der Waals surface area contributed by atoms with Gasteiger partial charge in [0, 0.05) is 57.0 Å². The summed E-state index contributed by atoms with van der Waals surface area (Å²) in [5.74, 6) is 0.134. The third-order valence-electron chi connectivity index (χ3n) is 5.80. The standard InChI is InChI=1S/C20H31N3O4S/c1-2-16-28(25,26)23-12-10-22(11-13-23)20(8-14-27-15-9-20)17-21-19(24)18-6-4-3-5-7-18/h3-7H,2,8-17H2,1H3,(H,21,24). The molecular formula is C20H31N3O4S. The van der Waals surface area contributed by atoms with Crippen LogP contribution in [-0.4, -0.2) is 80.8 Å². The number of piperazine rings is 1. The molecule has 1 aromatic carbocycles. The number of ether oxygens (including phenoxy) is 1. The van der Waals surface area contributed by atoms with Gasteiger partial charge < -0.3 is 10.1 Å². The number of sulfonamides is 1. The topological polar surface area (TPSA) is 79.0 Å². The van der Waals surface area contributed by atoms with E-state index in [0.29, 0.717) is 57.9 Å². The lowest BCUT2D eigenvalue weighted by Crippen LogP contribution is -2.63. The van der Waals surface area contributed by atoms with Crippen LogP contribution in [0.15, 0.2) is 30.3 Å². The van der Waals surface area contributed by atoms with E-state index in [0.717, 1.165) is 12.8 Å². The van der Waals surface area contributed by atoms with Gasteiger partial charge in [0.1, 0.15) is 0 Å². The van der Waals surface area contributed by atoms with Crippen LogP contribution in [0, 0.1) is 0 Å². The van der Waals surface area contributed by atoms with Gasteiger partial charge in [-0.3, -0.25) is 9.69 Å². The third kappa shape index (κ3) is 4.92. The number of nitrogens with zero attached hydrogens (tertiary/aromatic N) is 2. The lowest BCUT2D eigenvalue weighted by Gasteiger charge is -2.49. The van der Waals surface area contributed by atoms with Gasteiger partial charge in [0.05, 0.1) is 5.75 Å². The fraction of sp³-hybridized carbons (Fsp3) is 0.650. The minimum absolute atomic E-state index is 0.0735. The van der Waals surface area contributed by atoms with Gasteiger partial charge in [0.25, 0.3) is 5.91 Å². The molecule has 0 unspecified atom stereocenters. The minimum atomic E-state index is -3.16. The summed E-state index contributed by atoms with van der Waals surface area (Å²) in [6, 6.07) is 9.22. The number of carbonyl (C=O) groups excluding carboxylic acids is 1. The van der Waals surface area contributed by atoms with Crippen LogP contribution in [0.4, 0.5) is 0 Å². The SMILES string of the molecule is CCCS(=O)(=O)N1CCN(C2(CNC(=O)c3ccccc3)CCOCC2)CC1. The fourth-order valence-electron chi connectivity index (χ4n) is 4.12. The van der Waals surface area contributed by atoms with Crippen LogP contribution in [0.2, 0.25) is 0 Å². The first kappa shape index (κ1) is 21.2. The van der Waals surface area contributed by atoms with Crippen molar-refractivity contribution < 1.29 is 17.9 Å². The van der Waals surface area contributed by atoms with Gasteiger partial charge >= 0.3 is 0 Å². The summed E-state index contributed by atoms with van der Waals surface area (Å²) in [5, 5.41) is 3.10. The van der Waals surface area contributed by atoms with Crippen molar-refractivity contribution in [1.29, 1.82) is 0 Å². The molecule has 0 bridgehead atoms. The Balaban J connectivity index is 1.64. The van der Waals surface area contributed by atoms with Crippen molar-refractivity contribution in [2.24, 2.45) is 0 Å². The number of carbonyl (C=O) groups is 1. The number of rotatable bonds is 7. The van der Waals surface area contributed by atoms with Gasteiger partial charge in [-0.25, -0.2) is 8.42 Å². The highest BCUT2D eigenvalue weighted by atomic mass is 32.2. The second kappa shape index (κ2) is 9.35. The van der Waals surface area contributed by atoms with E-state index in [1.807, 2.05) is 37.3 Å². The maximum Gasteiger partial charge on any atom is 0.251 e. The lowest BCUT2D eigenvalue weighted by molar-refractivity contribution is -0.0385. The fourth-order valence-corrected chi connectivity index (χ4v) is 5.61. The zero-order valence-corrected chi connectivity index (χ0v) is 17.4. The first-order chi connectivity index (χ1) is 13.5. The van der Waals surface area contributed by atoms with Gasteiger partial charge in [-0.15, -0.1) is 0 Å². The number of nitrogens with one attached hydrogen (secondary N) is 1. The molecule has 7 nitrogen and oxygen atoms in total. The van der Waals surface area contributed by atoms with Crippen LogP contribution in [0.3, 0.4) is 0 Å². The van der Waals surface area contributed by atoms with E-state index in [2.05, 4.69) is 10.2 Å². The van der Waals surface area contributed by atoms with Crippen molar-refractivity contribution >= 4 is 15.9 Å². The van der Waals surface area contributed by atoms with Crippen molar-refractivity contribution in [3.8, 4) is 0 Å². The van der Waals surface area contributed by atoms with Crippen LogP contribution in [0.1, 0.15) is 36.5 Å². The zero-order valence-electron chi connectivity index (χ0n) is 16.6. The van der Waals surface area contributed by atoms with E-state index in [4.69, 9.17) is 4.74 Å². The molecule has 2 aliphatic rings. The Hall–Kier alpha value is -1.48. The van der Waals surface area contributed by atoms with Crippen molar-refractivity contribution in [2.75, 3.05) is 51.7 Å². The molecule has 1 aromatic rings. The highest BCUT2D eigenvalue weighted by Gasteiger charge is 2.41. The molecule has 8 heteroatoms. The number of hydrogen-bond acceptors (Lipinski definition) is 5. The summed E-state index contributed by atoms with van der Waals surface area (Å²) in [5.41, 5.74) is 0.476. The normalized spacial score (nSPS) is 21.3.